The number of fused-ring (bicyclic) bond motifs is 4. The van der Waals surface area contributed by atoms with E-state index in [1.807, 2.05) is 12.1 Å². The second kappa shape index (κ2) is 13.1. The summed E-state index contributed by atoms with van der Waals surface area (Å²) in [6, 6.07) is 66.4. The Morgan fingerprint density at radius 3 is 1.75 bits per heavy atom. The molecule has 9 aromatic rings. The van der Waals surface area contributed by atoms with Crippen molar-refractivity contribution in [3.8, 4) is 33.4 Å². The predicted octanol–water partition coefficient (Wildman–Crippen LogP) is 12.1. The van der Waals surface area contributed by atoms with Gasteiger partial charge in [-0.3, -0.25) is 5.32 Å². The van der Waals surface area contributed by atoms with E-state index in [1.54, 1.807) is 0 Å². The van der Waals surface area contributed by atoms with Crippen LogP contribution in [0.3, 0.4) is 0 Å². The Kier molecular flexibility index (Phi) is 7.67. The van der Waals surface area contributed by atoms with Crippen LogP contribution >= 0.6 is 0 Å². The average Bonchev–Trinajstić information content (AvgIpc) is 3.62. The largest absolute Gasteiger partial charge is 0.456 e. The van der Waals surface area contributed by atoms with Crippen molar-refractivity contribution in [3.05, 3.63) is 205 Å². The number of nitrogens with one attached hydrogen (secondary N) is 2. The number of nitrogens with zero attached hydrogens (tertiary/aromatic N) is 1. The lowest BCUT2D eigenvalue weighted by atomic mass is 9.95. The van der Waals surface area contributed by atoms with Gasteiger partial charge in [-0.2, -0.15) is 0 Å². The quantitative estimate of drug-likeness (QED) is 0.184. The van der Waals surface area contributed by atoms with Gasteiger partial charge in [0.25, 0.3) is 0 Å². The fraction of sp³-hybridized carbons (Fsp3) is 0.0408. The molecule has 2 unspecified atom stereocenters. The molecule has 8 aromatic carbocycles. The third kappa shape index (κ3) is 5.85. The highest BCUT2D eigenvalue weighted by Gasteiger charge is 2.29. The number of benzene rings is 8. The summed E-state index contributed by atoms with van der Waals surface area (Å²) in [5, 5.41) is 12.3. The van der Waals surface area contributed by atoms with Gasteiger partial charge in [-0.05, 0) is 74.0 Å². The van der Waals surface area contributed by atoms with Crippen LogP contribution in [0.4, 0.5) is 0 Å². The molecule has 0 amide bonds. The van der Waals surface area contributed by atoms with Gasteiger partial charge in [0.15, 0.2) is 0 Å². The molecule has 0 bridgehead atoms. The van der Waals surface area contributed by atoms with Gasteiger partial charge >= 0.3 is 0 Å². The SMILES string of the molecule is c1ccc(-c2ccc(C3=NC(c4ccc(-c5ccccc5)cc4)NC(c4cc(-c5ccc6ccccc6c5)cc5oc6ccccc6c45)N3)cc2)cc1. The average molecular weight is 682 g/mol. The Morgan fingerprint density at radius 2 is 1.02 bits per heavy atom. The molecule has 2 atom stereocenters. The zero-order valence-electron chi connectivity index (χ0n) is 28.9. The molecular weight excluding hydrogens is 647 g/mol. The van der Waals surface area contributed by atoms with E-state index in [1.165, 1.54) is 33.0 Å². The number of rotatable bonds is 6. The number of furan rings is 1. The molecular formula is C49H35N3O. The van der Waals surface area contributed by atoms with Crippen molar-refractivity contribution in [2.24, 2.45) is 4.99 Å². The number of para-hydroxylation sites is 1. The molecule has 0 radical (unpaired) electrons. The lowest BCUT2D eigenvalue weighted by Gasteiger charge is -2.33. The Balaban J connectivity index is 1.11. The van der Waals surface area contributed by atoms with Crippen molar-refractivity contribution in [1.29, 1.82) is 0 Å². The lowest BCUT2D eigenvalue weighted by molar-refractivity contribution is 0.411. The van der Waals surface area contributed by atoms with Crippen molar-refractivity contribution in [3.63, 3.8) is 0 Å². The monoisotopic (exact) mass is 681 g/mol. The minimum atomic E-state index is -0.299. The summed E-state index contributed by atoms with van der Waals surface area (Å²) in [4.78, 5) is 5.32. The predicted molar refractivity (Wildman–Crippen MR) is 219 cm³/mol. The first-order valence-electron chi connectivity index (χ1n) is 18.1. The summed E-state index contributed by atoms with van der Waals surface area (Å²) < 4.78 is 6.58. The standard InChI is InChI=1S/C49H35N3O/c1-3-11-32(12-4-1)35-19-24-37(25-20-35)47-50-48(38-26-21-36(22-27-38)33-13-5-2-6-14-33)52-49(51-47)43-30-41(40-28-23-34-15-7-8-16-39(34)29-40)31-45-46(43)42-17-9-10-18-44(42)53-45/h1-31,47,49,51H,(H,50,52). The highest BCUT2D eigenvalue weighted by Crippen LogP contribution is 2.39. The smallest absolute Gasteiger partial charge is 0.136 e. The summed E-state index contributed by atoms with van der Waals surface area (Å²) in [6.45, 7) is 0. The fourth-order valence-electron chi connectivity index (χ4n) is 7.63. The zero-order valence-corrected chi connectivity index (χ0v) is 28.9. The Bertz CT molecular complexity index is 2770. The van der Waals surface area contributed by atoms with Crippen molar-refractivity contribution >= 4 is 38.5 Å². The number of amidine groups is 1. The fourth-order valence-corrected chi connectivity index (χ4v) is 7.63. The van der Waals surface area contributed by atoms with Crippen LogP contribution in [0.25, 0.3) is 66.1 Å². The summed E-state index contributed by atoms with van der Waals surface area (Å²) in [6.07, 6.45) is -0.577. The van der Waals surface area contributed by atoms with Crippen LogP contribution in [0.5, 0.6) is 0 Å². The molecule has 1 aromatic heterocycles. The van der Waals surface area contributed by atoms with Gasteiger partial charge in [-0.15, -0.1) is 0 Å². The Labute approximate surface area is 308 Å². The van der Waals surface area contributed by atoms with E-state index in [9.17, 15) is 0 Å². The molecule has 0 saturated heterocycles. The second-order valence-electron chi connectivity index (χ2n) is 13.7. The number of hydrogen-bond acceptors (Lipinski definition) is 4. The van der Waals surface area contributed by atoms with E-state index in [-0.39, 0.29) is 12.3 Å². The van der Waals surface area contributed by atoms with Gasteiger partial charge in [0.2, 0.25) is 0 Å². The first kappa shape index (κ1) is 31.0. The molecule has 0 fully saturated rings. The van der Waals surface area contributed by atoms with Crippen LogP contribution in [0.2, 0.25) is 0 Å². The van der Waals surface area contributed by atoms with Crippen molar-refractivity contribution in [2.75, 3.05) is 0 Å². The Morgan fingerprint density at radius 1 is 0.434 bits per heavy atom. The topological polar surface area (TPSA) is 49.6 Å². The lowest BCUT2D eigenvalue weighted by Crippen LogP contribution is -2.45. The molecule has 0 saturated carbocycles. The highest BCUT2D eigenvalue weighted by atomic mass is 16.3. The Hall–Kier alpha value is -6.75. The third-order valence-corrected chi connectivity index (χ3v) is 10.4. The van der Waals surface area contributed by atoms with E-state index < -0.39 is 0 Å². The van der Waals surface area contributed by atoms with Crippen LogP contribution in [0.1, 0.15) is 29.0 Å². The summed E-state index contributed by atoms with van der Waals surface area (Å²) in [7, 11) is 0. The van der Waals surface area contributed by atoms with E-state index in [0.717, 1.165) is 55.6 Å². The maximum atomic E-state index is 6.58. The van der Waals surface area contributed by atoms with Crippen LogP contribution in [-0.2, 0) is 0 Å². The van der Waals surface area contributed by atoms with E-state index in [2.05, 4.69) is 187 Å². The maximum absolute atomic E-state index is 6.58. The van der Waals surface area contributed by atoms with Gasteiger partial charge in [0, 0.05) is 21.9 Å². The molecule has 4 heteroatoms. The summed E-state index contributed by atoms with van der Waals surface area (Å²) in [5.74, 6) is 0.836. The molecule has 0 spiro atoms. The third-order valence-electron chi connectivity index (χ3n) is 10.4. The normalized spacial score (nSPS) is 15.7. The van der Waals surface area contributed by atoms with Gasteiger partial charge in [-0.25, -0.2) is 4.99 Å². The van der Waals surface area contributed by atoms with Crippen LogP contribution in [0.15, 0.2) is 197 Å². The molecule has 53 heavy (non-hydrogen) atoms. The number of hydrogen-bond donors (Lipinski definition) is 2. The highest BCUT2D eigenvalue weighted by molar-refractivity contribution is 6.09. The van der Waals surface area contributed by atoms with Crippen molar-refractivity contribution in [1.82, 2.24) is 10.6 Å². The molecule has 4 nitrogen and oxygen atoms in total. The molecule has 2 heterocycles. The molecule has 1 aliphatic rings. The minimum Gasteiger partial charge on any atom is -0.456 e. The van der Waals surface area contributed by atoms with Crippen molar-refractivity contribution in [2.45, 2.75) is 12.3 Å². The van der Waals surface area contributed by atoms with E-state index >= 15 is 0 Å². The van der Waals surface area contributed by atoms with Gasteiger partial charge in [-0.1, -0.05) is 164 Å². The number of aliphatic imine (C=N–C) groups is 1. The van der Waals surface area contributed by atoms with Crippen LogP contribution in [-0.4, -0.2) is 5.84 Å². The minimum absolute atomic E-state index is 0.279. The van der Waals surface area contributed by atoms with E-state index in [0.29, 0.717) is 0 Å². The van der Waals surface area contributed by atoms with Crippen LogP contribution < -0.4 is 10.6 Å². The molecule has 10 rings (SSSR count). The molecule has 1 aliphatic heterocycles. The van der Waals surface area contributed by atoms with Crippen molar-refractivity contribution < 1.29 is 4.42 Å². The second-order valence-corrected chi connectivity index (χ2v) is 13.7. The molecule has 252 valence electrons. The van der Waals surface area contributed by atoms with Crippen LogP contribution in [0, 0.1) is 0 Å². The van der Waals surface area contributed by atoms with Gasteiger partial charge < -0.3 is 9.73 Å². The van der Waals surface area contributed by atoms with Gasteiger partial charge in [0.1, 0.15) is 29.3 Å². The zero-order chi connectivity index (χ0) is 35.1. The molecule has 0 aliphatic carbocycles. The summed E-state index contributed by atoms with van der Waals surface area (Å²) in [5.41, 5.74) is 11.9. The first-order chi connectivity index (χ1) is 26.2. The van der Waals surface area contributed by atoms with Gasteiger partial charge in [0.05, 0.1) is 0 Å². The summed E-state index contributed by atoms with van der Waals surface area (Å²) >= 11 is 0. The first-order valence-corrected chi connectivity index (χ1v) is 18.1. The van der Waals surface area contributed by atoms with E-state index in [4.69, 9.17) is 9.41 Å². The maximum Gasteiger partial charge on any atom is 0.136 e. The molecule has 2 N–H and O–H groups in total.